The molecule has 0 spiro atoms. The minimum atomic E-state index is -3.25. The molecule has 0 aliphatic carbocycles. The molecule has 1 N–H and O–H groups in total. The molecule has 112 valence electrons. The third kappa shape index (κ3) is 4.11. The van der Waals surface area contributed by atoms with Crippen LogP contribution in [0.3, 0.4) is 0 Å². The van der Waals surface area contributed by atoms with Crippen LogP contribution in [-0.2, 0) is 14.8 Å². The van der Waals surface area contributed by atoms with Gasteiger partial charge in [-0.1, -0.05) is 6.92 Å². The van der Waals surface area contributed by atoms with Crippen molar-refractivity contribution in [3.05, 3.63) is 24.3 Å². The van der Waals surface area contributed by atoms with Crippen molar-refractivity contribution in [3.8, 4) is 5.75 Å². The van der Waals surface area contributed by atoms with E-state index >= 15 is 0 Å². The van der Waals surface area contributed by atoms with Crippen LogP contribution >= 0.6 is 0 Å². The van der Waals surface area contributed by atoms with E-state index in [-0.39, 0.29) is 17.5 Å². The Morgan fingerprint density at radius 1 is 1.35 bits per heavy atom. The monoisotopic (exact) mass is 299 g/mol. The normalized spacial score (nSPS) is 18.6. The zero-order valence-corrected chi connectivity index (χ0v) is 12.9. The van der Waals surface area contributed by atoms with Gasteiger partial charge in [-0.25, -0.2) is 8.42 Å². The zero-order chi connectivity index (χ0) is 14.8. The van der Waals surface area contributed by atoms with Crippen LogP contribution in [0.5, 0.6) is 5.75 Å². The molecule has 1 fully saturated rings. The fourth-order valence-corrected chi connectivity index (χ4v) is 3.04. The maximum Gasteiger partial charge on any atom is 0.232 e. The van der Waals surface area contributed by atoms with Gasteiger partial charge in [0.25, 0.3) is 0 Å². The van der Waals surface area contributed by atoms with Gasteiger partial charge in [-0.3, -0.25) is 4.72 Å². The molecule has 1 saturated heterocycles. The Bertz CT molecular complexity index is 547. The molecule has 20 heavy (non-hydrogen) atoms. The van der Waals surface area contributed by atoms with E-state index in [1.54, 1.807) is 24.3 Å². The fourth-order valence-electron chi connectivity index (χ4n) is 1.91. The van der Waals surface area contributed by atoms with E-state index in [0.29, 0.717) is 17.9 Å². The van der Waals surface area contributed by atoms with Gasteiger partial charge >= 0.3 is 0 Å². The van der Waals surface area contributed by atoms with Gasteiger partial charge in [0, 0.05) is 5.69 Å². The fraction of sp³-hybridized carbons (Fsp3) is 0.571. The smallest absolute Gasteiger partial charge is 0.232 e. The molecule has 0 bridgehead atoms. The molecule has 1 unspecified atom stereocenters. The first-order valence-corrected chi connectivity index (χ1v) is 8.39. The molecule has 6 heteroatoms. The van der Waals surface area contributed by atoms with Crippen molar-refractivity contribution in [1.29, 1.82) is 0 Å². The summed E-state index contributed by atoms with van der Waals surface area (Å²) in [4.78, 5) is 0. The quantitative estimate of drug-likeness (QED) is 0.785. The van der Waals surface area contributed by atoms with Crippen LogP contribution < -0.4 is 9.46 Å². The number of hydrogen-bond donors (Lipinski definition) is 1. The minimum Gasteiger partial charge on any atom is -0.485 e. The van der Waals surface area contributed by atoms with Crippen molar-refractivity contribution in [2.24, 2.45) is 0 Å². The van der Waals surface area contributed by atoms with Gasteiger partial charge in [-0.05, 0) is 44.5 Å². The van der Waals surface area contributed by atoms with Crippen LogP contribution in [0.2, 0.25) is 0 Å². The summed E-state index contributed by atoms with van der Waals surface area (Å²) in [5.41, 5.74) is 0.176. The van der Waals surface area contributed by atoms with E-state index in [1.165, 1.54) is 0 Å². The van der Waals surface area contributed by atoms with Crippen LogP contribution in [0.1, 0.15) is 27.2 Å². The summed E-state index contributed by atoms with van der Waals surface area (Å²) in [6.45, 7) is 6.51. The van der Waals surface area contributed by atoms with E-state index in [0.717, 1.165) is 6.61 Å². The highest BCUT2D eigenvalue weighted by Crippen LogP contribution is 2.30. The van der Waals surface area contributed by atoms with E-state index in [1.807, 2.05) is 20.8 Å². The molecule has 2 rings (SSSR count). The van der Waals surface area contributed by atoms with Crippen molar-refractivity contribution in [2.45, 2.75) is 38.9 Å². The topological polar surface area (TPSA) is 67.9 Å². The number of benzene rings is 1. The number of epoxide rings is 1. The maximum atomic E-state index is 11.7. The van der Waals surface area contributed by atoms with Gasteiger partial charge in [0.2, 0.25) is 10.0 Å². The van der Waals surface area contributed by atoms with Crippen LogP contribution in [0.4, 0.5) is 5.69 Å². The lowest BCUT2D eigenvalue weighted by atomic mass is 10.1. The van der Waals surface area contributed by atoms with Crippen LogP contribution in [0.25, 0.3) is 0 Å². The number of anilines is 1. The van der Waals surface area contributed by atoms with E-state index in [4.69, 9.17) is 9.47 Å². The summed E-state index contributed by atoms with van der Waals surface area (Å²) in [5.74, 6) is 0.820. The van der Waals surface area contributed by atoms with Crippen LogP contribution in [0.15, 0.2) is 24.3 Å². The Morgan fingerprint density at radius 2 is 1.95 bits per heavy atom. The van der Waals surface area contributed by atoms with Crippen LogP contribution in [0, 0.1) is 0 Å². The standard InChI is InChI=1S/C14H21NO4S/c1-4-9-20(16,17)15-11-5-7-12(8-6-11)19-14(2,3)13-10-18-13/h5-8,13,15H,4,9-10H2,1-3H3. The lowest BCUT2D eigenvalue weighted by Gasteiger charge is -2.24. The number of hydrogen-bond acceptors (Lipinski definition) is 4. The SMILES string of the molecule is CCCS(=O)(=O)Nc1ccc(OC(C)(C)C2CO2)cc1. The predicted octanol–water partition coefficient (Wildman–Crippen LogP) is 2.39. The zero-order valence-electron chi connectivity index (χ0n) is 12.0. The second kappa shape index (κ2) is 5.61. The van der Waals surface area contributed by atoms with Gasteiger partial charge < -0.3 is 9.47 Å². The van der Waals surface area contributed by atoms with Gasteiger partial charge in [-0.2, -0.15) is 0 Å². The minimum absolute atomic E-state index is 0.122. The summed E-state index contributed by atoms with van der Waals surface area (Å²) in [5, 5.41) is 0. The Labute approximate surface area is 120 Å². The first-order valence-electron chi connectivity index (χ1n) is 6.73. The van der Waals surface area contributed by atoms with Crippen molar-refractivity contribution in [3.63, 3.8) is 0 Å². The number of sulfonamides is 1. The van der Waals surface area contributed by atoms with Gasteiger partial charge in [0.15, 0.2) is 0 Å². The van der Waals surface area contributed by atoms with Gasteiger partial charge in [0.05, 0.1) is 12.4 Å². The van der Waals surface area contributed by atoms with Gasteiger partial charge in [-0.15, -0.1) is 0 Å². The summed E-state index contributed by atoms with van der Waals surface area (Å²) in [6, 6.07) is 6.92. The molecule has 0 saturated carbocycles. The molecule has 1 aromatic rings. The molecular formula is C14H21NO4S. The van der Waals surface area contributed by atoms with Crippen LogP contribution in [-0.4, -0.2) is 32.5 Å². The highest BCUT2D eigenvalue weighted by molar-refractivity contribution is 7.92. The highest BCUT2D eigenvalue weighted by Gasteiger charge is 2.41. The summed E-state index contributed by atoms with van der Waals surface area (Å²) in [6.07, 6.45) is 0.719. The van der Waals surface area contributed by atoms with E-state index in [9.17, 15) is 8.42 Å². The largest absolute Gasteiger partial charge is 0.485 e. The Morgan fingerprint density at radius 3 is 2.45 bits per heavy atom. The number of nitrogens with one attached hydrogen (secondary N) is 1. The molecule has 1 atom stereocenters. The Hall–Kier alpha value is -1.27. The summed E-state index contributed by atoms with van der Waals surface area (Å²) >= 11 is 0. The molecule has 0 aromatic heterocycles. The average Bonchev–Trinajstić information content (AvgIpc) is 3.15. The highest BCUT2D eigenvalue weighted by atomic mass is 32.2. The van der Waals surface area contributed by atoms with Crippen molar-refractivity contribution >= 4 is 15.7 Å². The lowest BCUT2D eigenvalue weighted by Crippen LogP contribution is -2.34. The average molecular weight is 299 g/mol. The first-order chi connectivity index (χ1) is 9.32. The molecule has 1 heterocycles. The second-order valence-electron chi connectivity index (χ2n) is 5.47. The summed E-state index contributed by atoms with van der Waals surface area (Å²) in [7, 11) is -3.25. The maximum absolute atomic E-state index is 11.7. The number of rotatable bonds is 7. The van der Waals surface area contributed by atoms with Crippen molar-refractivity contribution in [1.82, 2.24) is 0 Å². The Kier molecular flexibility index (Phi) is 4.25. The molecule has 0 amide bonds. The third-order valence-electron chi connectivity index (χ3n) is 3.09. The molecule has 1 aliphatic rings. The molecule has 1 aliphatic heterocycles. The third-order valence-corrected chi connectivity index (χ3v) is 4.58. The molecule has 5 nitrogen and oxygen atoms in total. The summed E-state index contributed by atoms with van der Waals surface area (Å²) < 4.78 is 36.9. The van der Waals surface area contributed by atoms with E-state index < -0.39 is 10.0 Å². The lowest BCUT2D eigenvalue weighted by molar-refractivity contribution is 0.0744. The Balaban J connectivity index is 1.99. The first kappa shape index (κ1) is 15.1. The van der Waals surface area contributed by atoms with Crippen molar-refractivity contribution < 1.29 is 17.9 Å². The van der Waals surface area contributed by atoms with Gasteiger partial charge in [0.1, 0.15) is 17.5 Å². The van der Waals surface area contributed by atoms with Crippen molar-refractivity contribution in [2.75, 3.05) is 17.1 Å². The molecule has 0 radical (unpaired) electrons. The second-order valence-corrected chi connectivity index (χ2v) is 7.31. The number of ether oxygens (including phenoxy) is 2. The van der Waals surface area contributed by atoms with E-state index in [2.05, 4.69) is 4.72 Å². The molecule has 1 aromatic carbocycles. The predicted molar refractivity (Wildman–Crippen MR) is 78.6 cm³/mol. The molecular weight excluding hydrogens is 278 g/mol.